The highest BCUT2D eigenvalue weighted by Gasteiger charge is 2.24. The third-order valence-electron chi connectivity index (χ3n) is 5.25. The molecular formula is C18H26N4O. The molecule has 2 aliphatic heterocycles. The van der Waals surface area contributed by atoms with Crippen LogP contribution < -0.4 is 5.32 Å². The number of hydrogen-bond donors (Lipinski definition) is 1. The van der Waals surface area contributed by atoms with Crippen LogP contribution >= 0.6 is 0 Å². The molecule has 23 heavy (non-hydrogen) atoms. The van der Waals surface area contributed by atoms with Crippen LogP contribution in [0.5, 0.6) is 0 Å². The molecule has 2 aliphatic rings. The van der Waals surface area contributed by atoms with Crippen molar-refractivity contribution in [2.75, 3.05) is 38.2 Å². The second-order valence-electron chi connectivity index (χ2n) is 6.93. The van der Waals surface area contributed by atoms with E-state index >= 15 is 0 Å². The molecular weight excluding hydrogens is 288 g/mol. The Balaban J connectivity index is 1.34. The van der Waals surface area contributed by atoms with E-state index in [9.17, 15) is 0 Å². The zero-order valence-electron chi connectivity index (χ0n) is 13.9. The van der Waals surface area contributed by atoms with Gasteiger partial charge < -0.3 is 19.5 Å². The summed E-state index contributed by atoms with van der Waals surface area (Å²) in [6.45, 7) is 5.47. The Morgan fingerprint density at radius 3 is 2.78 bits per heavy atom. The Morgan fingerprint density at radius 2 is 2.04 bits per heavy atom. The van der Waals surface area contributed by atoms with Crippen LogP contribution in [0.3, 0.4) is 0 Å². The summed E-state index contributed by atoms with van der Waals surface area (Å²) in [6.07, 6.45) is 3.62. The number of hydrogen-bond acceptors (Lipinski definition) is 4. The number of anilines is 1. The van der Waals surface area contributed by atoms with Gasteiger partial charge >= 0.3 is 0 Å². The summed E-state index contributed by atoms with van der Waals surface area (Å²) in [6, 6.07) is 8.84. The number of nitrogens with one attached hydrogen (secondary N) is 1. The molecule has 5 heteroatoms. The summed E-state index contributed by atoms with van der Waals surface area (Å²) in [4.78, 5) is 7.33. The highest BCUT2D eigenvalue weighted by Crippen LogP contribution is 2.22. The Morgan fingerprint density at radius 1 is 1.22 bits per heavy atom. The van der Waals surface area contributed by atoms with Crippen molar-refractivity contribution >= 4 is 17.0 Å². The number of nitrogens with zero attached hydrogens (tertiary/aromatic N) is 3. The number of ether oxygens (including phenoxy) is 1. The van der Waals surface area contributed by atoms with Gasteiger partial charge in [0.05, 0.1) is 17.6 Å². The maximum atomic E-state index is 5.49. The molecule has 2 saturated heterocycles. The second-order valence-corrected chi connectivity index (χ2v) is 6.93. The summed E-state index contributed by atoms with van der Waals surface area (Å²) < 4.78 is 7.65. The first-order valence-electron chi connectivity index (χ1n) is 8.77. The number of rotatable bonds is 4. The number of aryl methyl sites for hydroxylation is 1. The largest absolute Gasteiger partial charge is 0.381 e. The van der Waals surface area contributed by atoms with Crippen molar-refractivity contribution in [2.24, 2.45) is 13.0 Å². The maximum absolute atomic E-state index is 5.49. The predicted octanol–water partition coefficient (Wildman–Crippen LogP) is 2.49. The van der Waals surface area contributed by atoms with Crippen molar-refractivity contribution in [1.82, 2.24) is 14.5 Å². The van der Waals surface area contributed by atoms with Crippen LogP contribution in [0.1, 0.15) is 19.3 Å². The van der Waals surface area contributed by atoms with Gasteiger partial charge in [0.25, 0.3) is 0 Å². The Kier molecular flexibility index (Phi) is 4.23. The minimum absolute atomic E-state index is 0.529. The maximum Gasteiger partial charge on any atom is 0.203 e. The van der Waals surface area contributed by atoms with Crippen molar-refractivity contribution in [3.05, 3.63) is 24.3 Å². The van der Waals surface area contributed by atoms with E-state index in [0.717, 1.165) is 30.6 Å². The van der Waals surface area contributed by atoms with E-state index in [2.05, 4.69) is 40.0 Å². The fraction of sp³-hybridized carbons (Fsp3) is 0.611. The molecule has 0 saturated carbocycles. The number of piperidine rings is 1. The first kappa shape index (κ1) is 15.0. The minimum Gasteiger partial charge on any atom is -0.381 e. The van der Waals surface area contributed by atoms with Crippen LogP contribution in [-0.4, -0.2) is 53.3 Å². The zero-order chi connectivity index (χ0) is 15.6. The van der Waals surface area contributed by atoms with Crippen molar-refractivity contribution in [3.63, 3.8) is 0 Å². The van der Waals surface area contributed by atoms with Crippen molar-refractivity contribution in [2.45, 2.75) is 25.3 Å². The van der Waals surface area contributed by atoms with Crippen LogP contribution in [0, 0.1) is 5.92 Å². The summed E-state index contributed by atoms with van der Waals surface area (Å²) in [7, 11) is 2.09. The topological polar surface area (TPSA) is 42.3 Å². The van der Waals surface area contributed by atoms with Crippen LogP contribution in [-0.2, 0) is 11.8 Å². The van der Waals surface area contributed by atoms with E-state index in [1.54, 1.807) is 0 Å². The summed E-state index contributed by atoms with van der Waals surface area (Å²) >= 11 is 0. The van der Waals surface area contributed by atoms with Crippen LogP contribution in [0.2, 0.25) is 0 Å². The van der Waals surface area contributed by atoms with Gasteiger partial charge in [-0.05, 0) is 37.3 Å². The standard InChI is InChI=1S/C18H26N4O/c1-21-17-5-3-2-4-16(17)20-18(21)19-15-6-9-22(10-7-15)12-14-8-11-23-13-14/h2-5,14-15H,6-13H2,1H3,(H,19,20)/t14-/m1/s1. The van der Waals surface area contributed by atoms with E-state index in [1.165, 1.54) is 44.4 Å². The van der Waals surface area contributed by atoms with Gasteiger partial charge in [-0.3, -0.25) is 0 Å². The van der Waals surface area contributed by atoms with Gasteiger partial charge in [0.1, 0.15) is 0 Å². The molecule has 2 fully saturated rings. The van der Waals surface area contributed by atoms with E-state index in [-0.39, 0.29) is 0 Å². The van der Waals surface area contributed by atoms with Crippen LogP contribution in [0.25, 0.3) is 11.0 Å². The Labute approximate surface area is 137 Å². The molecule has 0 unspecified atom stereocenters. The van der Waals surface area contributed by atoms with Gasteiger partial charge in [0.15, 0.2) is 0 Å². The number of aromatic nitrogens is 2. The molecule has 0 bridgehead atoms. The van der Waals surface area contributed by atoms with Crippen molar-refractivity contribution in [1.29, 1.82) is 0 Å². The van der Waals surface area contributed by atoms with Gasteiger partial charge in [-0.2, -0.15) is 0 Å². The lowest BCUT2D eigenvalue weighted by atomic mass is 10.0. The molecule has 4 rings (SSSR count). The molecule has 124 valence electrons. The Bertz CT molecular complexity index is 654. The summed E-state index contributed by atoms with van der Waals surface area (Å²) in [5.41, 5.74) is 2.25. The average molecular weight is 314 g/mol. The fourth-order valence-electron chi connectivity index (χ4n) is 3.81. The van der Waals surface area contributed by atoms with Crippen molar-refractivity contribution in [3.8, 4) is 0 Å². The van der Waals surface area contributed by atoms with E-state index < -0.39 is 0 Å². The van der Waals surface area contributed by atoms with Gasteiger partial charge in [-0.15, -0.1) is 0 Å². The lowest BCUT2D eigenvalue weighted by Gasteiger charge is -2.33. The molecule has 1 aromatic heterocycles. The van der Waals surface area contributed by atoms with E-state index in [1.807, 2.05) is 6.07 Å². The third kappa shape index (κ3) is 3.21. The highest BCUT2D eigenvalue weighted by molar-refractivity contribution is 5.78. The number of para-hydroxylation sites is 2. The van der Waals surface area contributed by atoms with E-state index in [0.29, 0.717) is 6.04 Å². The van der Waals surface area contributed by atoms with Crippen LogP contribution in [0.15, 0.2) is 24.3 Å². The molecule has 5 nitrogen and oxygen atoms in total. The smallest absolute Gasteiger partial charge is 0.203 e. The molecule has 0 amide bonds. The second kappa shape index (κ2) is 6.49. The van der Waals surface area contributed by atoms with Gasteiger partial charge in [0.2, 0.25) is 5.95 Å². The van der Waals surface area contributed by atoms with Gasteiger partial charge in [-0.1, -0.05) is 12.1 Å². The lowest BCUT2D eigenvalue weighted by Crippen LogP contribution is -2.41. The highest BCUT2D eigenvalue weighted by atomic mass is 16.5. The molecule has 1 aromatic carbocycles. The summed E-state index contributed by atoms with van der Waals surface area (Å²) in [5, 5.41) is 3.65. The molecule has 1 N–H and O–H groups in total. The molecule has 0 radical (unpaired) electrons. The number of likely N-dealkylation sites (tertiary alicyclic amines) is 1. The predicted molar refractivity (Wildman–Crippen MR) is 92.7 cm³/mol. The normalized spacial score (nSPS) is 23.6. The quantitative estimate of drug-likeness (QED) is 0.941. The number of imidazole rings is 1. The minimum atomic E-state index is 0.529. The van der Waals surface area contributed by atoms with Gasteiger partial charge in [-0.25, -0.2) is 4.98 Å². The SMILES string of the molecule is Cn1c(NC2CCN(C[C@H]3CCOC3)CC2)nc2ccccc21. The molecule has 0 spiro atoms. The number of fused-ring (bicyclic) bond motifs is 1. The lowest BCUT2D eigenvalue weighted by molar-refractivity contribution is 0.154. The molecule has 1 atom stereocenters. The number of benzene rings is 1. The summed E-state index contributed by atoms with van der Waals surface area (Å²) in [5.74, 6) is 1.74. The zero-order valence-corrected chi connectivity index (χ0v) is 13.9. The molecule has 0 aliphatic carbocycles. The van der Waals surface area contributed by atoms with Gasteiger partial charge in [0, 0.05) is 39.3 Å². The average Bonchev–Trinajstić information content (AvgIpc) is 3.19. The fourth-order valence-corrected chi connectivity index (χ4v) is 3.81. The van der Waals surface area contributed by atoms with Crippen molar-refractivity contribution < 1.29 is 4.74 Å². The first-order valence-corrected chi connectivity index (χ1v) is 8.77. The Hall–Kier alpha value is -1.59. The first-order chi connectivity index (χ1) is 11.3. The monoisotopic (exact) mass is 314 g/mol. The third-order valence-corrected chi connectivity index (χ3v) is 5.25. The molecule has 3 heterocycles. The van der Waals surface area contributed by atoms with Crippen LogP contribution in [0.4, 0.5) is 5.95 Å². The van der Waals surface area contributed by atoms with E-state index in [4.69, 9.17) is 9.72 Å². The molecule has 2 aromatic rings.